The second kappa shape index (κ2) is 6.42. The molecule has 0 fully saturated rings. The van der Waals surface area contributed by atoms with Gasteiger partial charge in [-0.3, -0.25) is 0 Å². The Hall–Kier alpha value is -3.80. The van der Waals surface area contributed by atoms with Crippen molar-refractivity contribution < 1.29 is 19.0 Å². The fraction of sp³-hybridized carbons (Fsp3) is 0.0455. The van der Waals surface area contributed by atoms with Crippen LogP contribution in [0.3, 0.4) is 0 Å². The quantitative estimate of drug-likeness (QED) is 0.515. The second-order valence-corrected chi connectivity index (χ2v) is 6.43. The number of phenols is 1. The van der Waals surface area contributed by atoms with Crippen molar-refractivity contribution in [3.8, 4) is 28.4 Å². The highest BCUT2D eigenvalue weighted by molar-refractivity contribution is 6.03. The molecule has 0 aliphatic carbocycles. The molecule has 1 aliphatic heterocycles. The Morgan fingerprint density at radius 2 is 1.82 bits per heavy atom. The number of nitrogens with one attached hydrogen (secondary N) is 1. The Bertz CT molecular complexity index is 1210. The zero-order valence-electron chi connectivity index (χ0n) is 14.6. The topological polar surface area (TPSA) is 63.6 Å². The van der Waals surface area contributed by atoms with Crippen molar-refractivity contribution in [1.82, 2.24) is 4.98 Å². The summed E-state index contributed by atoms with van der Waals surface area (Å²) >= 11 is 0. The Morgan fingerprint density at radius 3 is 2.71 bits per heavy atom. The monoisotopic (exact) mass is 374 g/mol. The normalized spacial score (nSPS) is 12.3. The number of benzene rings is 3. The number of aromatic nitrogens is 1. The molecule has 5 rings (SSSR count). The van der Waals surface area contributed by atoms with Gasteiger partial charge < -0.3 is 19.9 Å². The zero-order valence-corrected chi connectivity index (χ0v) is 14.6. The van der Waals surface area contributed by atoms with Crippen LogP contribution in [0.5, 0.6) is 17.2 Å². The highest BCUT2D eigenvalue weighted by Crippen LogP contribution is 2.39. The van der Waals surface area contributed by atoms with Gasteiger partial charge in [0.2, 0.25) is 6.79 Å². The summed E-state index contributed by atoms with van der Waals surface area (Å²) in [5.41, 5.74) is 2.11. The van der Waals surface area contributed by atoms with Crippen molar-refractivity contribution >= 4 is 22.3 Å². The molecule has 0 radical (unpaired) electrons. The van der Waals surface area contributed by atoms with Crippen molar-refractivity contribution in [3.05, 3.63) is 72.7 Å². The summed E-state index contributed by atoms with van der Waals surface area (Å²) in [6.07, 6.45) is 1.63. The van der Waals surface area contributed by atoms with E-state index in [0.29, 0.717) is 39.3 Å². The number of ether oxygens (including phenoxy) is 2. The first-order chi connectivity index (χ1) is 13.7. The molecular formula is C22H15FN2O3. The lowest BCUT2D eigenvalue weighted by Crippen LogP contribution is -1.97. The molecule has 138 valence electrons. The molecule has 3 aromatic carbocycles. The molecule has 28 heavy (non-hydrogen) atoms. The molecule has 4 aromatic rings. The lowest BCUT2D eigenvalue weighted by molar-refractivity contribution is 0.174. The maximum Gasteiger partial charge on any atom is 0.231 e. The zero-order chi connectivity index (χ0) is 19.1. The van der Waals surface area contributed by atoms with Crippen LogP contribution >= 0.6 is 0 Å². The number of halogens is 1. The van der Waals surface area contributed by atoms with Gasteiger partial charge in [-0.05, 0) is 35.9 Å². The van der Waals surface area contributed by atoms with E-state index in [1.54, 1.807) is 36.5 Å². The van der Waals surface area contributed by atoms with Crippen molar-refractivity contribution in [2.45, 2.75) is 0 Å². The summed E-state index contributed by atoms with van der Waals surface area (Å²) in [4.78, 5) is 4.51. The summed E-state index contributed by atoms with van der Waals surface area (Å²) < 4.78 is 25.6. The summed E-state index contributed by atoms with van der Waals surface area (Å²) in [7, 11) is 0. The van der Waals surface area contributed by atoms with Crippen LogP contribution in [0.4, 0.5) is 15.9 Å². The predicted octanol–water partition coefficient (Wildman–Crippen LogP) is 5.22. The summed E-state index contributed by atoms with van der Waals surface area (Å²) in [6, 6.07) is 17.1. The van der Waals surface area contributed by atoms with E-state index in [-0.39, 0.29) is 18.4 Å². The van der Waals surface area contributed by atoms with Gasteiger partial charge >= 0.3 is 0 Å². The summed E-state index contributed by atoms with van der Waals surface area (Å²) in [6.45, 7) is 0.179. The predicted molar refractivity (Wildman–Crippen MR) is 105 cm³/mol. The molecule has 0 saturated carbocycles. The highest BCUT2D eigenvalue weighted by atomic mass is 19.1. The fourth-order valence-electron chi connectivity index (χ4n) is 3.36. The Morgan fingerprint density at radius 1 is 0.964 bits per heavy atom. The van der Waals surface area contributed by atoms with Gasteiger partial charge in [-0.1, -0.05) is 24.3 Å². The van der Waals surface area contributed by atoms with Crippen LogP contribution < -0.4 is 14.8 Å². The third-order valence-electron chi connectivity index (χ3n) is 4.65. The van der Waals surface area contributed by atoms with Crippen LogP contribution in [-0.4, -0.2) is 16.9 Å². The number of aromatic hydroxyl groups is 1. The van der Waals surface area contributed by atoms with E-state index in [2.05, 4.69) is 10.3 Å². The minimum Gasteiger partial charge on any atom is -0.508 e. The smallest absolute Gasteiger partial charge is 0.231 e. The van der Waals surface area contributed by atoms with Gasteiger partial charge in [0.15, 0.2) is 11.5 Å². The Balaban J connectivity index is 1.66. The van der Waals surface area contributed by atoms with Gasteiger partial charge in [0, 0.05) is 34.3 Å². The van der Waals surface area contributed by atoms with E-state index in [1.165, 1.54) is 6.07 Å². The third-order valence-corrected chi connectivity index (χ3v) is 4.65. The van der Waals surface area contributed by atoms with Crippen LogP contribution in [0.25, 0.3) is 21.9 Å². The number of nitrogens with zero attached hydrogens (tertiary/aromatic N) is 1. The average Bonchev–Trinajstić information content (AvgIpc) is 3.16. The van der Waals surface area contributed by atoms with E-state index < -0.39 is 0 Å². The minimum absolute atomic E-state index is 0.137. The van der Waals surface area contributed by atoms with Crippen molar-refractivity contribution in [3.63, 3.8) is 0 Å². The number of hydrogen-bond donors (Lipinski definition) is 2. The number of pyridine rings is 1. The van der Waals surface area contributed by atoms with Gasteiger partial charge in [0.05, 0.1) is 0 Å². The Kier molecular flexibility index (Phi) is 3.76. The van der Waals surface area contributed by atoms with Crippen LogP contribution in [0.2, 0.25) is 0 Å². The van der Waals surface area contributed by atoms with E-state index >= 15 is 0 Å². The molecule has 0 saturated heterocycles. The number of rotatable bonds is 3. The first-order valence-corrected chi connectivity index (χ1v) is 8.72. The second-order valence-electron chi connectivity index (χ2n) is 6.43. The molecule has 0 spiro atoms. The van der Waals surface area contributed by atoms with Crippen molar-refractivity contribution in [2.75, 3.05) is 12.1 Å². The van der Waals surface area contributed by atoms with E-state index in [9.17, 15) is 9.50 Å². The largest absolute Gasteiger partial charge is 0.508 e. The standard InChI is InChI=1S/C22H15FN2O3/c23-18-6-2-5-16-21(18)17(13-7-8-19-20(9-13)28-12-27-19)11-24-22(16)25-14-3-1-4-15(26)10-14/h1-11,26H,12H2,(H,24,25). The van der Waals surface area contributed by atoms with Crippen LogP contribution in [0, 0.1) is 5.82 Å². The van der Waals surface area contributed by atoms with E-state index in [0.717, 1.165) is 5.56 Å². The van der Waals surface area contributed by atoms with Gasteiger partial charge in [-0.2, -0.15) is 0 Å². The summed E-state index contributed by atoms with van der Waals surface area (Å²) in [5, 5.41) is 13.9. The SMILES string of the molecule is Oc1cccc(Nc2ncc(-c3ccc4c(c3)OCO4)c3c(F)cccc23)c1. The van der Waals surface area contributed by atoms with Gasteiger partial charge in [-0.25, -0.2) is 9.37 Å². The molecule has 0 amide bonds. The molecule has 2 N–H and O–H groups in total. The molecule has 6 heteroatoms. The summed E-state index contributed by atoms with van der Waals surface area (Å²) in [5.74, 6) is 1.60. The minimum atomic E-state index is -0.341. The lowest BCUT2D eigenvalue weighted by Gasteiger charge is -2.13. The first-order valence-electron chi connectivity index (χ1n) is 8.72. The maximum atomic E-state index is 14.8. The van der Waals surface area contributed by atoms with Gasteiger partial charge in [0.25, 0.3) is 0 Å². The van der Waals surface area contributed by atoms with Gasteiger partial charge in [0.1, 0.15) is 17.4 Å². The number of hydrogen-bond acceptors (Lipinski definition) is 5. The van der Waals surface area contributed by atoms with E-state index in [4.69, 9.17) is 9.47 Å². The van der Waals surface area contributed by atoms with Gasteiger partial charge in [-0.15, -0.1) is 0 Å². The van der Waals surface area contributed by atoms with Crippen LogP contribution in [-0.2, 0) is 0 Å². The number of phenolic OH excluding ortho intramolecular Hbond substituents is 1. The molecule has 1 aliphatic rings. The highest BCUT2D eigenvalue weighted by Gasteiger charge is 2.17. The third kappa shape index (κ3) is 2.75. The first kappa shape index (κ1) is 16.4. The molecule has 5 nitrogen and oxygen atoms in total. The Labute approximate surface area is 160 Å². The molecule has 0 bridgehead atoms. The average molecular weight is 374 g/mol. The van der Waals surface area contributed by atoms with Crippen LogP contribution in [0.1, 0.15) is 0 Å². The van der Waals surface area contributed by atoms with Crippen LogP contribution in [0.15, 0.2) is 66.9 Å². The lowest BCUT2D eigenvalue weighted by atomic mass is 9.99. The molecule has 0 atom stereocenters. The van der Waals surface area contributed by atoms with Crippen molar-refractivity contribution in [2.24, 2.45) is 0 Å². The number of anilines is 2. The fourth-order valence-corrected chi connectivity index (χ4v) is 3.36. The number of fused-ring (bicyclic) bond motifs is 2. The molecule has 0 unspecified atom stereocenters. The maximum absolute atomic E-state index is 14.8. The molecular weight excluding hydrogens is 359 g/mol. The van der Waals surface area contributed by atoms with E-state index in [1.807, 2.05) is 24.3 Å². The van der Waals surface area contributed by atoms with Crippen molar-refractivity contribution in [1.29, 1.82) is 0 Å². The molecule has 1 aromatic heterocycles. The molecule has 2 heterocycles.